The van der Waals surface area contributed by atoms with E-state index < -0.39 is 0 Å². The van der Waals surface area contributed by atoms with Crippen LogP contribution >= 0.6 is 11.6 Å². The highest BCUT2D eigenvalue weighted by atomic mass is 35.5. The third-order valence-corrected chi connectivity index (χ3v) is 5.01. The van der Waals surface area contributed by atoms with Gasteiger partial charge in [-0.15, -0.1) is 0 Å². The predicted octanol–water partition coefficient (Wildman–Crippen LogP) is 5.71. The Labute approximate surface area is 201 Å². The van der Waals surface area contributed by atoms with E-state index in [0.29, 0.717) is 59.7 Å². The Hall–Kier alpha value is -3.59. The molecule has 0 amide bonds. The van der Waals surface area contributed by atoms with Crippen LogP contribution in [0.15, 0.2) is 45.7 Å². The first-order chi connectivity index (χ1) is 16.5. The topological polar surface area (TPSA) is 110 Å². The number of fused-ring (bicyclic) bond motifs is 1. The molecule has 0 aliphatic carbocycles. The van der Waals surface area contributed by atoms with E-state index in [2.05, 4.69) is 15.1 Å². The molecule has 178 valence electrons. The highest BCUT2D eigenvalue weighted by Gasteiger charge is 2.18. The molecule has 1 aromatic carbocycles. The number of esters is 1. The van der Waals surface area contributed by atoms with Crippen molar-refractivity contribution in [1.29, 1.82) is 0 Å². The molecule has 4 rings (SSSR count). The van der Waals surface area contributed by atoms with E-state index in [1.807, 2.05) is 26.0 Å². The summed E-state index contributed by atoms with van der Waals surface area (Å²) < 4.78 is 27.4. The molecule has 0 fully saturated rings. The zero-order valence-corrected chi connectivity index (χ0v) is 19.8. The van der Waals surface area contributed by atoms with Gasteiger partial charge in [-0.1, -0.05) is 16.8 Å². The minimum absolute atomic E-state index is 0.0484. The van der Waals surface area contributed by atoms with Crippen molar-refractivity contribution in [2.24, 2.45) is 0 Å². The highest BCUT2D eigenvalue weighted by Crippen LogP contribution is 2.35. The molecule has 0 saturated carbocycles. The Morgan fingerprint density at radius 2 is 2.09 bits per heavy atom. The molecule has 0 radical (unpaired) electrons. The van der Waals surface area contributed by atoms with Gasteiger partial charge in [0, 0.05) is 23.6 Å². The van der Waals surface area contributed by atoms with E-state index in [1.54, 1.807) is 31.5 Å². The average Bonchev–Trinajstić information content (AvgIpc) is 3.48. The van der Waals surface area contributed by atoms with E-state index >= 15 is 0 Å². The van der Waals surface area contributed by atoms with Crippen LogP contribution in [-0.4, -0.2) is 40.4 Å². The van der Waals surface area contributed by atoms with Crippen LogP contribution in [0.3, 0.4) is 0 Å². The van der Waals surface area contributed by atoms with Gasteiger partial charge in [-0.2, -0.15) is 4.98 Å². The summed E-state index contributed by atoms with van der Waals surface area (Å²) in [5.74, 6) is 1.33. The van der Waals surface area contributed by atoms with Crippen molar-refractivity contribution >= 4 is 28.5 Å². The van der Waals surface area contributed by atoms with Gasteiger partial charge >= 0.3 is 5.97 Å². The number of halogens is 1. The maximum Gasteiger partial charge on any atom is 0.305 e. The summed E-state index contributed by atoms with van der Waals surface area (Å²) in [6.45, 7) is 6.29. The lowest BCUT2D eigenvalue weighted by Crippen LogP contribution is -2.07. The van der Waals surface area contributed by atoms with Gasteiger partial charge < -0.3 is 23.2 Å². The van der Waals surface area contributed by atoms with Gasteiger partial charge in [0.05, 0.1) is 31.1 Å². The Kier molecular flexibility index (Phi) is 7.32. The van der Waals surface area contributed by atoms with Crippen LogP contribution in [-0.2, 0) is 9.53 Å². The summed E-state index contributed by atoms with van der Waals surface area (Å²) in [5.41, 5.74) is 1.85. The Morgan fingerprint density at radius 3 is 2.85 bits per heavy atom. The molecule has 0 aliphatic rings. The molecule has 0 aliphatic heterocycles. The molecule has 0 spiro atoms. The maximum atomic E-state index is 11.5. The molecule has 3 aromatic heterocycles. The molecule has 4 aromatic rings. The van der Waals surface area contributed by atoms with Crippen molar-refractivity contribution < 1.29 is 27.9 Å². The van der Waals surface area contributed by atoms with Crippen molar-refractivity contribution in [3.63, 3.8) is 0 Å². The Morgan fingerprint density at radius 1 is 1.24 bits per heavy atom. The molecule has 0 saturated heterocycles. The van der Waals surface area contributed by atoms with E-state index in [4.69, 9.17) is 34.8 Å². The first-order valence-electron chi connectivity index (χ1n) is 10.9. The van der Waals surface area contributed by atoms with Gasteiger partial charge in [-0.25, -0.2) is 4.98 Å². The van der Waals surface area contributed by atoms with Crippen molar-refractivity contribution in [2.75, 3.05) is 13.2 Å². The second kappa shape index (κ2) is 10.6. The molecule has 34 heavy (non-hydrogen) atoms. The summed E-state index contributed by atoms with van der Waals surface area (Å²) in [7, 11) is 0. The van der Waals surface area contributed by atoms with Gasteiger partial charge in [0.2, 0.25) is 11.7 Å². The van der Waals surface area contributed by atoms with E-state index in [1.165, 1.54) is 0 Å². The minimum atomic E-state index is -0.240. The summed E-state index contributed by atoms with van der Waals surface area (Å²) in [5, 5.41) is 5.24. The molecule has 9 nitrogen and oxygen atoms in total. The lowest BCUT2D eigenvalue weighted by atomic mass is 10.1. The van der Waals surface area contributed by atoms with Crippen molar-refractivity contribution in [2.45, 2.75) is 39.7 Å². The molecular weight excluding hydrogens is 462 g/mol. The molecular formula is C24H24ClN3O6. The number of aromatic nitrogens is 3. The fourth-order valence-electron chi connectivity index (χ4n) is 3.28. The Bertz CT molecular complexity index is 1280. The van der Waals surface area contributed by atoms with Gasteiger partial charge in [-0.3, -0.25) is 4.79 Å². The number of carbonyl (C=O) groups is 1. The van der Waals surface area contributed by atoms with E-state index in [-0.39, 0.29) is 18.0 Å². The van der Waals surface area contributed by atoms with Crippen LogP contribution in [0.2, 0.25) is 5.02 Å². The molecule has 0 bridgehead atoms. The van der Waals surface area contributed by atoms with Crippen LogP contribution in [0.25, 0.3) is 33.8 Å². The average molecular weight is 486 g/mol. The van der Waals surface area contributed by atoms with Crippen LogP contribution in [0, 0.1) is 0 Å². The summed E-state index contributed by atoms with van der Waals surface area (Å²) >= 11 is 6.28. The monoisotopic (exact) mass is 485 g/mol. The maximum absolute atomic E-state index is 11.5. The van der Waals surface area contributed by atoms with Crippen LogP contribution in [0.5, 0.6) is 11.6 Å². The number of ether oxygens (including phenoxy) is 3. The lowest BCUT2D eigenvalue weighted by Gasteiger charge is -2.09. The fourth-order valence-corrected chi connectivity index (χ4v) is 3.49. The van der Waals surface area contributed by atoms with E-state index in [0.717, 1.165) is 10.9 Å². The zero-order valence-electron chi connectivity index (χ0n) is 19.0. The third-order valence-electron chi connectivity index (χ3n) is 4.74. The normalized spacial score (nSPS) is 11.2. The number of rotatable bonds is 10. The number of hydrogen-bond donors (Lipinski definition) is 0. The van der Waals surface area contributed by atoms with Gasteiger partial charge in [0.25, 0.3) is 5.89 Å². The molecule has 10 heteroatoms. The smallest absolute Gasteiger partial charge is 0.305 e. The van der Waals surface area contributed by atoms with Crippen LogP contribution in [0.1, 0.15) is 33.6 Å². The van der Waals surface area contributed by atoms with Gasteiger partial charge in [0.15, 0.2) is 11.3 Å². The van der Waals surface area contributed by atoms with Gasteiger partial charge in [0.1, 0.15) is 5.02 Å². The molecule has 0 N–H and O–H groups in total. The minimum Gasteiger partial charge on any atom is -0.490 e. The predicted molar refractivity (Wildman–Crippen MR) is 125 cm³/mol. The summed E-state index contributed by atoms with van der Waals surface area (Å²) in [6, 6.07) is 7.09. The van der Waals surface area contributed by atoms with E-state index in [9.17, 15) is 4.79 Å². The molecule has 0 unspecified atom stereocenters. The molecule has 3 heterocycles. The van der Waals surface area contributed by atoms with Crippen LogP contribution < -0.4 is 9.47 Å². The number of hydrogen-bond acceptors (Lipinski definition) is 9. The van der Waals surface area contributed by atoms with Gasteiger partial charge in [-0.05, 0) is 51.5 Å². The first kappa shape index (κ1) is 23.6. The number of carbonyl (C=O) groups excluding carboxylic acids is 1. The van der Waals surface area contributed by atoms with Crippen LogP contribution in [0.4, 0.5) is 0 Å². The fraction of sp³-hybridized carbons (Fsp3) is 0.333. The number of pyridine rings is 1. The third kappa shape index (κ3) is 5.31. The largest absolute Gasteiger partial charge is 0.490 e. The summed E-state index contributed by atoms with van der Waals surface area (Å²) in [6.07, 6.45) is 3.92. The first-order valence-corrected chi connectivity index (χ1v) is 11.3. The lowest BCUT2D eigenvalue weighted by molar-refractivity contribution is -0.143. The van der Waals surface area contributed by atoms with Crippen molar-refractivity contribution in [3.8, 4) is 34.5 Å². The summed E-state index contributed by atoms with van der Waals surface area (Å²) in [4.78, 5) is 20.2. The second-order valence-electron chi connectivity index (χ2n) is 7.63. The number of nitrogens with zero attached hydrogens (tertiary/aromatic N) is 3. The quantitative estimate of drug-likeness (QED) is 0.206. The molecule has 0 atom stereocenters. The number of furan rings is 1. The standard InChI is InChI=1S/C24H24ClN3O6/c1-4-30-20(29)6-5-10-31-19-8-7-17(16-9-11-32-21(16)19)22-27-23(34-28-22)15-12-18(25)24(26-13-15)33-14(2)3/h7-9,11-14H,4-6,10H2,1-3H3. The Balaban J connectivity index is 1.51. The second-order valence-corrected chi connectivity index (χ2v) is 8.04. The highest BCUT2D eigenvalue weighted by molar-refractivity contribution is 6.32. The zero-order chi connectivity index (χ0) is 24.1. The SMILES string of the molecule is CCOC(=O)CCCOc1ccc(-c2noc(-c3cnc(OC(C)C)c(Cl)c3)n2)c2ccoc12. The number of benzene rings is 1. The van der Waals surface area contributed by atoms with Crippen molar-refractivity contribution in [3.05, 3.63) is 41.7 Å². The van der Waals surface area contributed by atoms with Crippen molar-refractivity contribution in [1.82, 2.24) is 15.1 Å².